The van der Waals surface area contributed by atoms with E-state index in [0.717, 1.165) is 17.0 Å². The van der Waals surface area contributed by atoms with Crippen molar-refractivity contribution in [3.8, 4) is 11.4 Å². The average Bonchev–Trinajstić information content (AvgIpc) is 3.25. The Bertz CT molecular complexity index is 820. The molecule has 114 valence electrons. The van der Waals surface area contributed by atoms with Crippen LogP contribution in [0.4, 0.5) is 5.69 Å². The largest absolute Gasteiger partial charge is 0.480 e. The van der Waals surface area contributed by atoms with Gasteiger partial charge >= 0.3 is 0 Å². The number of amides is 1. The van der Waals surface area contributed by atoms with Gasteiger partial charge < -0.3 is 10.1 Å². The highest BCUT2D eigenvalue weighted by Gasteiger charge is 2.29. The van der Waals surface area contributed by atoms with Gasteiger partial charge in [-0.2, -0.15) is 5.10 Å². The highest BCUT2D eigenvalue weighted by atomic mass is 16.5. The molecule has 0 saturated carbocycles. The number of benzene rings is 2. The molecule has 2 heterocycles. The monoisotopic (exact) mass is 306 g/mol. The molecule has 0 fully saturated rings. The number of rotatable bonds is 3. The lowest BCUT2D eigenvalue weighted by Crippen LogP contribution is -2.31. The molecule has 2 aromatic carbocycles. The van der Waals surface area contributed by atoms with E-state index in [2.05, 4.69) is 15.4 Å². The predicted molar refractivity (Wildman–Crippen MR) is 84.6 cm³/mol. The van der Waals surface area contributed by atoms with Crippen molar-refractivity contribution in [2.75, 3.05) is 5.32 Å². The molecule has 1 atom stereocenters. The minimum Gasteiger partial charge on any atom is -0.480 e. The van der Waals surface area contributed by atoms with E-state index < -0.39 is 6.10 Å². The van der Waals surface area contributed by atoms with Crippen LogP contribution in [0.1, 0.15) is 5.56 Å². The molecule has 6 heteroatoms. The highest BCUT2D eigenvalue weighted by molar-refractivity contribution is 5.96. The van der Waals surface area contributed by atoms with Crippen molar-refractivity contribution in [1.29, 1.82) is 0 Å². The fourth-order valence-corrected chi connectivity index (χ4v) is 2.65. The van der Waals surface area contributed by atoms with E-state index in [4.69, 9.17) is 4.74 Å². The van der Waals surface area contributed by atoms with E-state index in [9.17, 15) is 4.79 Å². The fourth-order valence-electron chi connectivity index (χ4n) is 2.65. The van der Waals surface area contributed by atoms with Crippen LogP contribution < -0.4 is 10.1 Å². The van der Waals surface area contributed by atoms with Crippen molar-refractivity contribution >= 4 is 11.6 Å². The maximum atomic E-state index is 12.5. The smallest absolute Gasteiger partial charge is 0.265 e. The second-order valence-electron chi connectivity index (χ2n) is 5.26. The molecule has 1 N–H and O–H groups in total. The summed E-state index contributed by atoms with van der Waals surface area (Å²) in [6.07, 6.45) is 3.10. The van der Waals surface area contributed by atoms with Gasteiger partial charge in [-0.15, -0.1) is 0 Å². The molecule has 23 heavy (non-hydrogen) atoms. The molecule has 1 aliphatic rings. The number of para-hydroxylation sites is 3. The average molecular weight is 306 g/mol. The van der Waals surface area contributed by atoms with Crippen molar-refractivity contribution in [2.45, 2.75) is 12.5 Å². The van der Waals surface area contributed by atoms with Crippen LogP contribution in [0.25, 0.3) is 5.69 Å². The molecule has 1 aromatic heterocycles. The van der Waals surface area contributed by atoms with E-state index in [1.165, 1.54) is 6.33 Å². The fraction of sp³-hybridized carbons (Fsp3) is 0.118. The summed E-state index contributed by atoms with van der Waals surface area (Å²) in [7, 11) is 0. The molecule has 0 spiro atoms. The number of aromatic nitrogens is 3. The first-order valence-electron chi connectivity index (χ1n) is 7.31. The molecule has 4 rings (SSSR count). The Balaban J connectivity index is 1.55. The summed E-state index contributed by atoms with van der Waals surface area (Å²) >= 11 is 0. The van der Waals surface area contributed by atoms with Gasteiger partial charge in [0.2, 0.25) is 0 Å². The van der Waals surface area contributed by atoms with Gasteiger partial charge in [0.05, 0.1) is 11.4 Å². The number of hydrogen-bond acceptors (Lipinski definition) is 4. The minimum absolute atomic E-state index is 0.172. The number of nitrogens with one attached hydrogen (secondary N) is 1. The van der Waals surface area contributed by atoms with Gasteiger partial charge in [-0.05, 0) is 23.8 Å². The molecule has 0 radical (unpaired) electrons. The van der Waals surface area contributed by atoms with E-state index >= 15 is 0 Å². The molecular formula is C17H14N4O2. The standard InChI is InChI=1S/C17H14N4O2/c22-17(16-9-12-5-1-4-8-15(12)23-16)20-13-6-2-3-7-14(13)21-11-18-10-19-21/h1-8,10-11,16H,9H2,(H,20,22). The van der Waals surface area contributed by atoms with Crippen molar-refractivity contribution in [3.63, 3.8) is 0 Å². The van der Waals surface area contributed by atoms with Gasteiger partial charge in [0.1, 0.15) is 18.4 Å². The molecule has 1 aliphatic heterocycles. The number of fused-ring (bicyclic) bond motifs is 1. The third-order valence-corrected chi connectivity index (χ3v) is 3.77. The van der Waals surface area contributed by atoms with Crippen LogP contribution in [0.2, 0.25) is 0 Å². The molecule has 1 unspecified atom stereocenters. The normalized spacial score (nSPS) is 15.7. The number of carbonyl (C=O) groups is 1. The summed E-state index contributed by atoms with van der Waals surface area (Å²) in [6.45, 7) is 0. The quantitative estimate of drug-likeness (QED) is 0.805. The van der Waals surface area contributed by atoms with Crippen LogP contribution in [-0.4, -0.2) is 26.8 Å². The Morgan fingerprint density at radius 1 is 1.17 bits per heavy atom. The van der Waals surface area contributed by atoms with Crippen LogP contribution in [-0.2, 0) is 11.2 Å². The SMILES string of the molecule is O=C(Nc1ccccc1-n1cncn1)C1Cc2ccccc2O1. The Morgan fingerprint density at radius 2 is 2.00 bits per heavy atom. The summed E-state index contributed by atoms with van der Waals surface area (Å²) in [5.74, 6) is 0.603. The van der Waals surface area contributed by atoms with E-state index in [1.807, 2.05) is 48.5 Å². The van der Waals surface area contributed by atoms with Gasteiger partial charge in [0.15, 0.2) is 6.10 Å². The van der Waals surface area contributed by atoms with Crippen molar-refractivity contribution < 1.29 is 9.53 Å². The van der Waals surface area contributed by atoms with Gasteiger partial charge in [-0.1, -0.05) is 30.3 Å². The first kappa shape index (κ1) is 13.5. The number of anilines is 1. The minimum atomic E-state index is -0.517. The lowest BCUT2D eigenvalue weighted by atomic mass is 10.1. The van der Waals surface area contributed by atoms with Crippen LogP contribution in [0, 0.1) is 0 Å². The second-order valence-corrected chi connectivity index (χ2v) is 5.26. The van der Waals surface area contributed by atoms with Gasteiger partial charge in [-0.25, -0.2) is 9.67 Å². The maximum absolute atomic E-state index is 12.5. The summed E-state index contributed by atoms with van der Waals surface area (Å²) < 4.78 is 7.34. The zero-order chi connectivity index (χ0) is 15.6. The van der Waals surface area contributed by atoms with Crippen LogP contribution >= 0.6 is 0 Å². The lowest BCUT2D eigenvalue weighted by molar-refractivity contribution is -0.122. The van der Waals surface area contributed by atoms with Crippen molar-refractivity contribution in [2.24, 2.45) is 0 Å². The molecule has 3 aromatic rings. The van der Waals surface area contributed by atoms with Crippen LogP contribution in [0.3, 0.4) is 0 Å². The Morgan fingerprint density at radius 3 is 2.83 bits per heavy atom. The number of carbonyl (C=O) groups excluding carboxylic acids is 1. The summed E-state index contributed by atoms with van der Waals surface area (Å²) in [5.41, 5.74) is 2.48. The molecular weight excluding hydrogens is 292 g/mol. The zero-order valence-corrected chi connectivity index (χ0v) is 12.2. The molecule has 0 saturated heterocycles. The Kier molecular flexibility index (Phi) is 3.27. The van der Waals surface area contributed by atoms with E-state index in [1.54, 1.807) is 11.0 Å². The first-order chi connectivity index (χ1) is 11.3. The summed E-state index contributed by atoms with van der Waals surface area (Å²) in [4.78, 5) is 16.5. The first-order valence-corrected chi connectivity index (χ1v) is 7.31. The van der Waals surface area contributed by atoms with Crippen molar-refractivity contribution in [1.82, 2.24) is 14.8 Å². The van der Waals surface area contributed by atoms with Gasteiger partial charge in [0, 0.05) is 6.42 Å². The molecule has 1 amide bonds. The third-order valence-electron chi connectivity index (χ3n) is 3.77. The predicted octanol–water partition coefficient (Wildman–Crippen LogP) is 2.21. The number of hydrogen-bond donors (Lipinski definition) is 1. The Hall–Kier alpha value is -3.15. The maximum Gasteiger partial charge on any atom is 0.265 e. The van der Waals surface area contributed by atoms with Crippen LogP contribution in [0.15, 0.2) is 61.2 Å². The van der Waals surface area contributed by atoms with Gasteiger partial charge in [-0.3, -0.25) is 4.79 Å². The van der Waals surface area contributed by atoms with Crippen LogP contribution in [0.5, 0.6) is 5.75 Å². The number of nitrogens with zero attached hydrogens (tertiary/aromatic N) is 3. The van der Waals surface area contributed by atoms with Crippen molar-refractivity contribution in [3.05, 3.63) is 66.7 Å². The van der Waals surface area contributed by atoms with E-state index in [0.29, 0.717) is 12.1 Å². The third kappa shape index (κ3) is 2.55. The topological polar surface area (TPSA) is 69.0 Å². The molecule has 0 aliphatic carbocycles. The number of ether oxygens (including phenoxy) is 1. The van der Waals surface area contributed by atoms with Gasteiger partial charge in [0.25, 0.3) is 5.91 Å². The lowest BCUT2D eigenvalue weighted by Gasteiger charge is -2.14. The molecule has 6 nitrogen and oxygen atoms in total. The second kappa shape index (κ2) is 5.57. The highest BCUT2D eigenvalue weighted by Crippen LogP contribution is 2.29. The Labute approximate surface area is 132 Å². The molecule has 0 bridgehead atoms. The van der Waals surface area contributed by atoms with E-state index in [-0.39, 0.29) is 5.91 Å². The summed E-state index contributed by atoms with van der Waals surface area (Å²) in [6, 6.07) is 15.2. The zero-order valence-electron chi connectivity index (χ0n) is 12.2. The summed E-state index contributed by atoms with van der Waals surface area (Å²) in [5, 5.41) is 7.03.